The van der Waals surface area contributed by atoms with Gasteiger partial charge in [0.1, 0.15) is 0 Å². The van der Waals surface area contributed by atoms with Gasteiger partial charge in [0.25, 0.3) is 0 Å². The lowest BCUT2D eigenvalue weighted by Crippen LogP contribution is -2.20. The van der Waals surface area contributed by atoms with E-state index in [1.54, 1.807) is 18.2 Å². The second-order valence-corrected chi connectivity index (χ2v) is 8.44. The second-order valence-electron chi connectivity index (χ2n) is 4.38. The highest BCUT2D eigenvalue weighted by Crippen LogP contribution is 2.22. The lowest BCUT2D eigenvalue weighted by atomic mass is 10.2. The fraction of sp³-hybridized carbons (Fsp3) is 0.0714. The van der Waals surface area contributed by atoms with Crippen molar-refractivity contribution in [3.63, 3.8) is 0 Å². The molecule has 5 nitrogen and oxygen atoms in total. The number of hydrogen-bond donors (Lipinski definition) is 2. The Bertz CT molecular complexity index is 796. The Morgan fingerprint density at radius 1 is 1.23 bits per heavy atom. The summed E-state index contributed by atoms with van der Waals surface area (Å²) in [5, 5.41) is 7.74. The van der Waals surface area contributed by atoms with E-state index in [-0.39, 0.29) is 10.8 Å². The minimum atomic E-state index is -3.69. The first-order chi connectivity index (χ1) is 10.3. The number of benzene rings is 1. The molecule has 0 unspecified atom stereocenters. The molecule has 1 aromatic carbocycles. The lowest BCUT2D eigenvalue weighted by molar-refractivity contribution is -0.116. The molecule has 0 aliphatic heterocycles. The van der Waals surface area contributed by atoms with Crippen LogP contribution in [-0.4, -0.2) is 14.3 Å². The zero-order valence-corrected chi connectivity index (χ0v) is 14.5. The number of amides is 1. The highest BCUT2D eigenvalue weighted by Gasteiger charge is 2.06. The van der Waals surface area contributed by atoms with Crippen LogP contribution in [0.1, 0.15) is 10.4 Å². The first-order valence-electron chi connectivity index (χ1n) is 6.17. The number of hydrogen-bond acceptors (Lipinski definition) is 4. The van der Waals surface area contributed by atoms with Gasteiger partial charge in [-0.15, -0.1) is 11.3 Å². The third-order valence-corrected chi connectivity index (χ3v) is 5.23. The molecule has 0 aliphatic rings. The van der Waals surface area contributed by atoms with Crippen molar-refractivity contribution in [2.24, 2.45) is 5.14 Å². The van der Waals surface area contributed by atoms with Gasteiger partial charge in [0.2, 0.25) is 15.9 Å². The predicted molar refractivity (Wildman–Crippen MR) is 90.7 cm³/mol. The summed E-state index contributed by atoms with van der Waals surface area (Å²) < 4.78 is 23.3. The summed E-state index contributed by atoms with van der Waals surface area (Å²) in [5.41, 5.74) is 0.785. The van der Waals surface area contributed by atoms with E-state index >= 15 is 0 Å². The number of carbonyl (C=O) groups excluding carboxylic acids is 1. The van der Waals surface area contributed by atoms with Gasteiger partial charge in [-0.2, -0.15) is 0 Å². The minimum absolute atomic E-state index is 0.0470. The van der Waals surface area contributed by atoms with Crippen LogP contribution < -0.4 is 10.5 Å². The number of thiophene rings is 1. The molecular weight excluding hydrogens is 388 g/mol. The molecule has 1 amide bonds. The van der Waals surface area contributed by atoms with Crippen LogP contribution in [0.25, 0.3) is 6.08 Å². The molecule has 116 valence electrons. The van der Waals surface area contributed by atoms with Crippen LogP contribution in [0.3, 0.4) is 0 Å². The SMILES string of the molecule is NS(=O)(=O)c1ccc(CNC(=O)/C=C/c2ccc(Br)s2)cc1. The zero-order chi connectivity index (χ0) is 16.2. The highest BCUT2D eigenvalue weighted by molar-refractivity contribution is 9.11. The van der Waals surface area contributed by atoms with Crippen LogP contribution in [-0.2, 0) is 21.4 Å². The lowest BCUT2D eigenvalue weighted by Gasteiger charge is -2.03. The Labute approximate surface area is 141 Å². The van der Waals surface area contributed by atoms with Crippen molar-refractivity contribution in [1.82, 2.24) is 5.32 Å². The van der Waals surface area contributed by atoms with Gasteiger partial charge in [0.05, 0.1) is 8.68 Å². The Kier molecular flexibility index (Phi) is 5.52. The standard InChI is InChI=1S/C14H13BrN2O3S2/c15-13-7-3-11(21-13)4-8-14(18)17-9-10-1-5-12(6-2-10)22(16,19)20/h1-8H,9H2,(H,17,18)(H2,16,19,20)/b8-4+. The fourth-order valence-electron chi connectivity index (χ4n) is 1.62. The molecule has 2 rings (SSSR count). The van der Waals surface area contributed by atoms with Crippen LogP contribution in [0, 0.1) is 0 Å². The molecule has 0 atom stereocenters. The van der Waals surface area contributed by atoms with E-state index in [0.717, 1.165) is 14.2 Å². The second kappa shape index (κ2) is 7.19. The Morgan fingerprint density at radius 3 is 2.45 bits per heavy atom. The van der Waals surface area contributed by atoms with Crippen molar-refractivity contribution < 1.29 is 13.2 Å². The largest absolute Gasteiger partial charge is 0.348 e. The number of primary sulfonamides is 1. The number of nitrogens with one attached hydrogen (secondary N) is 1. The molecule has 1 aromatic heterocycles. The van der Waals surface area contributed by atoms with Crippen molar-refractivity contribution >= 4 is 49.3 Å². The summed E-state index contributed by atoms with van der Waals surface area (Å²) in [7, 11) is -3.69. The average molecular weight is 401 g/mol. The van der Waals surface area contributed by atoms with E-state index in [1.165, 1.54) is 29.5 Å². The maximum atomic E-state index is 11.7. The van der Waals surface area contributed by atoms with Crippen molar-refractivity contribution in [1.29, 1.82) is 0 Å². The smallest absolute Gasteiger partial charge is 0.244 e. The van der Waals surface area contributed by atoms with Crippen molar-refractivity contribution in [2.75, 3.05) is 0 Å². The molecule has 0 aliphatic carbocycles. The van der Waals surface area contributed by atoms with E-state index in [0.29, 0.717) is 6.54 Å². The van der Waals surface area contributed by atoms with Crippen LogP contribution in [0.5, 0.6) is 0 Å². The zero-order valence-electron chi connectivity index (χ0n) is 11.3. The molecule has 3 N–H and O–H groups in total. The van der Waals surface area contributed by atoms with E-state index in [1.807, 2.05) is 12.1 Å². The number of sulfonamides is 1. The van der Waals surface area contributed by atoms with Gasteiger partial charge in [-0.1, -0.05) is 12.1 Å². The molecule has 2 aromatic rings. The van der Waals surface area contributed by atoms with Gasteiger partial charge in [0, 0.05) is 17.5 Å². The molecule has 8 heteroatoms. The Morgan fingerprint density at radius 2 is 1.91 bits per heavy atom. The molecule has 0 saturated carbocycles. The molecule has 0 radical (unpaired) electrons. The van der Waals surface area contributed by atoms with E-state index in [9.17, 15) is 13.2 Å². The summed E-state index contributed by atoms with van der Waals surface area (Å²) in [5.74, 6) is -0.222. The fourth-order valence-corrected chi connectivity index (χ4v) is 3.46. The summed E-state index contributed by atoms with van der Waals surface area (Å²) in [6, 6.07) is 9.87. The summed E-state index contributed by atoms with van der Waals surface area (Å²) >= 11 is 4.88. The topological polar surface area (TPSA) is 89.3 Å². The summed E-state index contributed by atoms with van der Waals surface area (Å²) in [6.45, 7) is 0.308. The Balaban J connectivity index is 1.90. The maximum Gasteiger partial charge on any atom is 0.244 e. The maximum absolute atomic E-state index is 11.7. The van der Waals surface area contributed by atoms with Gasteiger partial charge < -0.3 is 5.32 Å². The molecular formula is C14H13BrN2O3S2. The van der Waals surface area contributed by atoms with Gasteiger partial charge >= 0.3 is 0 Å². The Hall–Kier alpha value is -1.48. The molecule has 0 spiro atoms. The number of rotatable bonds is 5. The molecule has 1 heterocycles. The van der Waals surface area contributed by atoms with Gasteiger partial charge in [0.15, 0.2) is 0 Å². The summed E-state index contributed by atoms with van der Waals surface area (Å²) in [4.78, 5) is 12.7. The predicted octanol–water partition coefficient (Wildman–Crippen LogP) is 2.49. The van der Waals surface area contributed by atoms with E-state index in [2.05, 4.69) is 21.2 Å². The first kappa shape index (κ1) is 16.9. The van der Waals surface area contributed by atoms with Crippen LogP contribution >= 0.6 is 27.3 Å². The number of halogens is 1. The normalized spacial score (nSPS) is 11.7. The van der Waals surface area contributed by atoms with Crippen molar-refractivity contribution in [3.8, 4) is 0 Å². The average Bonchev–Trinajstić information content (AvgIpc) is 2.88. The van der Waals surface area contributed by atoms with E-state index < -0.39 is 10.0 Å². The minimum Gasteiger partial charge on any atom is -0.348 e. The van der Waals surface area contributed by atoms with Crippen LogP contribution in [0.4, 0.5) is 0 Å². The number of nitrogens with two attached hydrogens (primary N) is 1. The van der Waals surface area contributed by atoms with Crippen molar-refractivity contribution in [3.05, 3.63) is 56.7 Å². The molecule has 0 fully saturated rings. The first-order valence-corrected chi connectivity index (χ1v) is 9.33. The van der Waals surface area contributed by atoms with Crippen LogP contribution in [0.2, 0.25) is 0 Å². The highest BCUT2D eigenvalue weighted by atomic mass is 79.9. The quantitative estimate of drug-likeness (QED) is 0.755. The van der Waals surface area contributed by atoms with Gasteiger partial charge in [-0.3, -0.25) is 4.79 Å². The molecule has 22 heavy (non-hydrogen) atoms. The van der Waals surface area contributed by atoms with Crippen molar-refractivity contribution in [2.45, 2.75) is 11.4 Å². The van der Waals surface area contributed by atoms with Gasteiger partial charge in [-0.05, 0) is 51.8 Å². The third kappa shape index (κ3) is 5.06. The van der Waals surface area contributed by atoms with Gasteiger partial charge in [-0.25, -0.2) is 13.6 Å². The van der Waals surface area contributed by atoms with E-state index in [4.69, 9.17) is 5.14 Å². The monoisotopic (exact) mass is 400 g/mol. The van der Waals surface area contributed by atoms with Crippen LogP contribution in [0.15, 0.2) is 51.2 Å². The number of carbonyl (C=O) groups is 1. The third-order valence-electron chi connectivity index (χ3n) is 2.71. The molecule has 0 saturated heterocycles. The molecule has 0 bridgehead atoms. The summed E-state index contributed by atoms with van der Waals surface area (Å²) in [6.07, 6.45) is 3.19.